The van der Waals surface area contributed by atoms with E-state index in [9.17, 15) is 0 Å². The fraction of sp³-hybridized carbons (Fsp3) is 1.00. The maximum atomic E-state index is 2.54. The molecule has 0 heterocycles. The van der Waals surface area contributed by atoms with Crippen LogP contribution in [0, 0.1) is 21.7 Å². The van der Waals surface area contributed by atoms with Crippen LogP contribution in [-0.4, -0.2) is 0 Å². The molecule has 0 aliphatic rings. The summed E-state index contributed by atoms with van der Waals surface area (Å²) in [4.78, 5) is 0. The highest BCUT2D eigenvalue weighted by atomic mass is 14.5. The minimum Gasteiger partial charge on any atom is -0.0649 e. The van der Waals surface area contributed by atoms with Gasteiger partial charge in [-0.3, -0.25) is 0 Å². The molecule has 0 aliphatic heterocycles. The average molecular weight is 269 g/mol. The van der Waals surface area contributed by atoms with Gasteiger partial charge in [0.1, 0.15) is 0 Å². The number of rotatable bonds is 7. The molecule has 1 atom stereocenters. The summed E-state index contributed by atoms with van der Waals surface area (Å²) in [5.74, 6) is 0. The lowest BCUT2D eigenvalue weighted by molar-refractivity contribution is 0.0117. The Labute approximate surface area is 123 Å². The molecule has 1 unspecified atom stereocenters. The second-order valence-corrected chi connectivity index (χ2v) is 9.55. The highest BCUT2D eigenvalue weighted by molar-refractivity contribution is 4.93. The minimum atomic E-state index is 0.421. The van der Waals surface area contributed by atoms with Crippen LogP contribution in [0.2, 0.25) is 0 Å². The molecule has 0 aromatic rings. The van der Waals surface area contributed by atoms with Crippen molar-refractivity contribution in [3.8, 4) is 0 Å². The van der Waals surface area contributed by atoms with E-state index >= 15 is 0 Å². The van der Waals surface area contributed by atoms with Gasteiger partial charge in [-0.15, -0.1) is 0 Å². The summed E-state index contributed by atoms with van der Waals surface area (Å²) in [6.07, 6.45) is 6.56. The van der Waals surface area contributed by atoms with Crippen LogP contribution in [0.15, 0.2) is 0 Å². The Kier molecular flexibility index (Phi) is 6.19. The fourth-order valence-electron chi connectivity index (χ4n) is 2.92. The average Bonchev–Trinajstić information content (AvgIpc) is 2.25. The van der Waals surface area contributed by atoms with Crippen LogP contribution < -0.4 is 0 Å². The van der Waals surface area contributed by atoms with Gasteiger partial charge in [0.15, 0.2) is 0 Å². The Bertz CT molecular complexity index is 264. The molecule has 0 radical (unpaired) electrons. The van der Waals surface area contributed by atoms with Crippen molar-refractivity contribution >= 4 is 0 Å². The standard InChI is InChI=1S/C19H40/c1-11-17(6,7)15-19(10,18(8,9)12-2)14-13-16(3,4)5/h11-15H2,1-10H3. The van der Waals surface area contributed by atoms with Crippen LogP contribution in [0.5, 0.6) is 0 Å². The van der Waals surface area contributed by atoms with E-state index in [2.05, 4.69) is 69.2 Å². The predicted molar refractivity (Wildman–Crippen MR) is 89.6 cm³/mol. The van der Waals surface area contributed by atoms with Crippen LogP contribution in [0.25, 0.3) is 0 Å². The second-order valence-electron chi connectivity index (χ2n) is 9.55. The highest BCUT2D eigenvalue weighted by Crippen LogP contribution is 2.53. The first-order valence-corrected chi connectivity index (χ1v) is 8.29. The SMILES string of the molecule is CCC(C)(C)CC(C)(CCC(C)(C)C)C(C)(C)CC. The van der Waals surface area contributed by atoms with Crippen molar-refractivity contribution in [2.75, 3.05) is 0 Å². The monoisotopic (exact) mass is 268 g/mol. The summed E-state index contributed by atoms with van der Waals surface area (Å²) in [5.41, 5.74) is 1.76. The lowest BCUT2D eigenvalue weighted by Gasteiger charge is -2.49. The van der Waals surface area contributed by atoms with Crippen LogP contribution in [-0.2, 0) is 0 Å². The van der Waals surface area contributed by atoms with Gasteiger partial charge in [-0.05, 0) is 40.9 Å². The molecule has 0 nitrogen and oxygen atoms in total. The Balaban J connectivity index is 5.15. The van der Waals surface area contributed by atoms with Crippen LogP contribution in [0.4, 0.5) is 0 Å². The third kappa shape index (κ3) is 5.88. The molecule has 0 rings (SSSR count). The maximum absolute atomic E-state index is 2.54. The van der Waals surface area contributed by atoms with Gasteiger partial charge < -0.3 is 0 Å². The normalized spacial score (nSPS) is 17.4. The van der Waals surface area contributed by atoms with Gasteiger partial charge in [0, 0.05) is 0 Å². The highest BCUT2D eigenvalue weighted by Gasteiger charge is 2.42. The topological polar surface area (TPSA) is 0 Å². The summed E-state index contributed by atoms with van der Waals surface area (Å²) in [6.45, 7) is 24.2. The van der Waals surface area contributed by atoms with Crippen LogP contribution in [0.1, 0.15) is 101 Å². The Morgan fingerprint density at radius 2 is 1.11 bits per heavy atom. The van der Waals surface area contributed by atoms with Crippen molar-refractivity contribution in [2.24, 2.45) is 21.7 Å². The van der Waals surface area contributed by atoms with Crippen LogP contribution >= 0.6 is 0 Å². The smallest absolute Gasteiger partial charge is 0.0269 e. The summed E-state index contributed by atoms with van der Waals surface area (Å²) in [6, 6.07) is 0. The van der Waals surface area contributed by atoms with E-state index in [1.54, 1.807) is 0 Å². The molecule has 0 aromatic heterocycles. The van der Waals surface area contributed by atoms with Gasteiger partial charge in [-0.25, -0.2) is 0 Å². The summed E-state index contributed by atoms with van der Waals surface area (Å²) in [5, 5.41) is 0. The van der Waals surface area contributed by atoms with E-state index < -0.39 is 0 Å². The van der Waals surface area contributed by atoms with Crippen molar-refractivity contribution < 1.29 is 0 Å². The third-order valence-electron chi connectivity index (χ3n) is 5.77. The van der Waals surface area contributed by atoms with Gasteiger partial charge in [-0.1, -0.05) is 82.1 Å². The first kappa shape index (κ1) is 19.0. The first-order valence-electron chi connectivity index (χ1n) is 8.29. The van der Waals surface area contributed by atoms with Gasteiger partial charge in [0.25, 0.3) is 0 Å². The molecule has 19 heavy (non-hydrogen) atoms. The Morgan fingerprint density at radius 1 is 0.632 bits per heavy atom. The second kappa shape index (κ2) is 6.19. The quantitative estimate of drug-likeness (QED) is 0.462. The zero-order chi connectivity index (χ0) is 15.5. The van der Waals surface area contributed by atoms with Crippen molar-refractivity contribution in [2.45, 2.75) is 101 Å². The summed E-state index contributed by atoms with van der Waals surface area (Å²) < 4.78 is 0. The van der Waals surface area contributed by atoms with E-state index in [0.29, 0.717) is 21.7 Å². The Morgan fingerprint density at radius 3 is 1.42 bits per heavy atom. The molecule has 0 aromatic carbocycles. The predicted octanol–water partition coefficient (Wildman–Crippen LogP) is 7.08. The molecule has 0 heteroatoms. The van der Waals surface area contributed by atoms with E-state index in [1.165, 1.54) is 32.1 Å². The maximum Gasteiger partial charge on any atom is -0.0269 e. The van der Waals surface area contributed by atoms with E-state index in [-0.39, 0.29) is 0 Å². The fourth-order valence-corrected chi connectivity index (χ4v) is 2.92. The molecule has 0 bridgehead atoms. The van der Waals surface area contributed by atoms with E-state index in [4.69, 9.17) is 0 Å². The van der Waals surface area contributed by atoms with Gasteiger partial charge in [0.2, 0.25) is 0 Å². The zero-order valence-corrected chi connectivity index (χ0v) is 15.5. The lowest BCUT2D eigenvalue weighted by Crippen LogP contribution is -2.39. The summed E-state index contributed by atoms with van der Waals surface area (Å²) >= 11 is 0. The molecule has 0 spiro atoms. The molecular formula is C19H40. The lowest BCUT2D eigenvalue weighted by atomic mass is 9.56. The molecule has 0 aliphatic carbocycles. The van der Waals surface area contributed by atoms with Crippen molar-refractivity contribution in [3.63, 3.8) is 0 Å². The molecule has 0 saturated heterocycles. The summed E-state index contributed by atoms with van der Waals surface area (Å²) in [7, 11) is 0. The minimum absolute atomic E-state index is 0.421. The molecule has 0 fully saturated rings. The first-order chi connectivity index (χ1) is 8.29. The van der Waals surface area contributed by atoms with Gasteiger partial charge in [-0.2, -0.15) is 0 Å². The molecule has 0 saturated carbocycles. The van der Waals surface area contributed by atoms with Crippen molar-refractivity contribution in [1.82, 2.24) is 0 Å². The van der Waals surface area contributed by atoms with Gasteiger partial charge >= 0.3 is 0 Å². The van der Waals surface area contributed by atoms with Crippen molar-refractivity contribution in [3.05, 3.63) is 0 Å². The van der Waals surface area contributed by atoms with E-state index in [1.807, 2.05) is 0 Å². The molecule has 0 amide bonds. The van der Waals surface area contributed by atoms with Crippen molar-refractivity contribution in [1.29, 1.82) is 0 Å². The molecule has 0 N–H and O–H groups in total. The third-order valence-corrected chi connectivity index (χ3v) is 5.77. The number of hydrogen-bond donors (Lipinski definition) is 0. The molecular weight excluding hydrogens is 228 g/mol. The Hall–Kier alpha value is 0. The zero-order valence-electron chi connectivity index (χ0n) is 15.5. The van der Waals surface area contributed by atoms with Gasteiger partial charge in [0.05, 0.1) is 0 Å². The van der Waals surface area contributed by atoms with Crippen LogP contribution in [0.3, 0.4) is 0 Å². The largest absolute Gasteiger partial charge is 0.0649 e. The van der Waals surface area contributed by atoms with E-state index in [0.717, 1.165) is 0 Å². The number of hydrogen-bond acceptors (Lipinski definition) is 0. The molecule has 116 valence electrons.